The van der Waals surface area contributed by atoms with Gasteiger partial charge in [0, 0.05) is 12.1 Å². The van der Waals surface area contributed by atoms with Crippen LogP contribution in [0, 0.1) is 0 Å². The predicted octanol–water partition coefficient (Wildman–Crippen LogP) is 7.19. The van der Waals surface area contributed by atoms with E-state index in [-0.39, 0.29) is 0 Å². The number of methoxy groups -OCH3 is 1. The Balaban J connectivity index is 1.83. The van der Waals surface area contributed by atoms with Gasteiger partial charge in [-0.1, -0.05) is 72.8 Å². The summed E-state index contributed by atoms with van der Waals surface area (Å²) in [5, 5.41) is 0. The molecule has 4 aromatic carbocycles. The summed E-state index contributed by atoms with van der Waals surface area (Å²) in [6.45, 7) is 0. The van der Waals surface area contributed by atoms with E-state index in [2.05, 4.69) is 114 Å². The molecule has 0 unspecified atom stereocenters. The fourth-order valence-corrected chi connectivity index (χ4v) is 4.26. The fraction of sp³-hybridized carbons (Fsp3) is 0.0645. The quantitative estimate of drug-likeness (QED) is 0.270. The largest absolute Gasteiger partial charge is 0.497 e. The fourth-order valence-electron chi connectivity index (χ4n) is 4.26. The summed E-state index contributed by atoms with van der Waals surface area (Å²) < 4.78 is 7.44. The molecule has 5 rings (SSSR count). The molecule has 0 aliphatic rings. The molecule has 0 radical (unpaired) electrons. The van der Waals surface area contributed by atoms with Crippen LogP contribution < -0.4 is 9.30 Å². The summed E-state index contributed by atoms with van der Waals surface area (Å²) in [6.07, 6.45) is 4.21. The van der Waals surface area contributed by atoms with Crippen LogP contribution in [0.2, 0.25) is 0 Å². The average molecular weight is 429 g/mol. The van der Waals surface area contributed by atoms with E-state index in [1.807, 2.05) is 19.2 Å². The van der Waals surface area contributed by atoms with Crippen molar-refractivity contribution in [3.8, 4) is 50.3 Å². The minimum absolute atomic E-state index is 0.860. The number of nitrogens with zero attached hydrogens (tertiary/aromatic N) is 1. The molecule has 160 valence electrons. The van der Waals surface area contributed by atoms with Crippen LogP contribution in [-0.2, 0) is 7.05 Å². The van der Waals surface area contributed by atoms with Crippen LogP contribution in [0.5, 0.6) is 5.75 Å². The second-order valence-electron chi connectivity index (χ2n) is 8.16. The smallest absolute Gasteiger partial charge is 0.169 e. The van der Waals surface area contributed by atoms with Gasteiger partial charge in [-0.3, -0.25) is 0 Å². The zero-order valence-electron chi connectivity index (χ0n) is 18.9. The highest BCUT2D eigenvalue weighted by atomic mass is 16.5. The van der Waals surface area contributed by atoms with Crippen LogP contribution in [-0.4, -0.2) is 7.11 Å². The molecule has 0 fully saturated rings. The summed E-state index contributed by atoms with van der Waals surface area (Å²) in [5.41, 5.74) is 9.63. The third-order valence-electron chi connectivity index (χ3n) is 6.00. The third kappa shape index (κ3) is 4.28. The second-order valence-corrected chi connectivity index (χ2v) is 8.16. The van der Waals surface area contributed by atoms with Crippen molar-refractivity contribution in [1.29, 1.82) is 0 Å². The average Bonchev–Trinajstić information content (AvgIpc) is 2.89. The van der Waals surface area contributed by atoms with Gasteiger partial charge < -0.3 is 4.74 Å². The number of benzene rings is 4. The van der Waals surface area contributed by atoms with Gasteiger partial charge in [0.25, 0.3) is 0 Å². The van der Waals surface area contributed by atoms with E-state index < -0.39 is 0 Å². The van der Waals surface area contributed by atoms with Crippen molar-refractivity contribution < 1.29 is 9.30 Å². The maximum Gasteiger partial charge on any atom is 0.169 e. The molecule has 33 heavy (non-hydrogen) atoms. The SMILES string of the molecule is COc1ccc(-c2cc(-c3ccccc3)c(-c3cc[n+](C)cc3)c(-c3ccccc3)c2)cc1. The van der Waals surface area contributed by atoms with Gasteiger partial charge in [0.1, 0.15) is 12.8 Å². The van der Waals surface area contributed by atoms with Gasteiger partial charge >= 0.3 is 0 Å². The molecule has 0 spiro atoms. The lowest BCUT2D eigenvalue weighted by atomic mass is 9.85. The first-order valence-electron chi connectivity index (χ1n) is 11.1. The van der Waals surface area contributed by atoms with E-state index in [0.717, 1.165) is 11.3 Å². The highest BCUT2D eigenvalue weighted by Gasteiger charge is 2.17. The van der Waals surface area contributed by atoms with Crippen molar-refractivity contribution >= 4 is 0 Å². The molecule has 1 aromatic heterocycles. The Labute approximate surface area is 195 Å². The van der Waals surface area contributed by atoms with Gasteiger partial charge in [0.2, 0.25) is 0 Å². The van der Waals surface area contributed by atoms with Gasteiger partial charge in [-0.25, -0.2) is 4.57 Å². The van der Waals surface area contributed by atoms with Crippen molar-refractivity contribution in [2.45, 2.75) is 0 Å². The monoisotopic (exact) mass is 428 g/mol. The molecule has 2 nitrogen and oxygen atoms in total. The standard InChI is InChI=1S/C31H26NO/c1-32-19-17-26(18-20-32)31-29(24-9-5-3-6-10-24)21-27(23-13-15-28(33-2)16-14-23)22-30(31)25-11-7-4-8-12-25/h3-22H,1-2H3/q+1. The number of pyridine rings is 1. The van der Waals surface area contributed by atoms with E-state index in [1.54, 1.807) is 7.11 Å². The van der Waals surface area contributed by atoms with Crippen molar-refractivity contribution in [1.82, 2.24) is 0 Å². The highest BCUT2D eigenvalue weighted by Crippen LogP contribution is 2.43. The van der Waals surface area contributed by atoms with E-state index in [4.69, 9.17) is 4.74 Å². The van der Waals surface area contributed by atoms with E-state index in [9.17, 15) is 0 Å². The van der Waals surface area contributed by atoms with Crippen LogP contribution in [0.4, 0.5) is 0 Å². The lowest BCUT2D eigenvalue weighted by Gasteiger charge is -2.19. The van der Waals surface area contributed by atoms with Gasteiger partial charge in [0.15, 0.2) is 12.4 Å². The van der Waals surface area contributed by atoms with Crippen molar-refractivity contribution in [2.24, 2.45) is 7.05 Å². The molecule has 0 amide bonds. The predicted molar refractivity (Wildman–Crippen MR) is 136 cm³/mol. The molecule has 0 bridgehead atoms. The van der Waals surface area contributed by atoms with Gasteiger partial charge in [-0.05, 0) is 68.8 Å². The maximum absolute atomic E-state index is 5.38. The Morgan fingerprint density at radius 1 is 0.515 bits per heavy atom. The number of hydrogen-bond donors (Lipinski definition) is 0. The number of ether oxygens (including phenoxy) is 1. The summed E-state index contributed by atoms with van der Waals surface area (Å²) >= 11 is 0. The van der Waals surface area contributed by atoms with Crippen LogP contribution in [0.25, 0.3) is 44.5 Å². The Hall–Kier alpha value is -4.17. The van der Waals surface area contributed by atoms with Crippen molar-refractivity contribution in [3.63, 3.8) is 0 Å². The minimum atomic E-state index is 0.860. The number of rotatable bonds is 5. The topological polar surface area (TPSA) is 13.1 Å². The lowest BCUT2D eigenvalue weighted by Crippen LogP contribution is -2.25. The van der Waals surface area contributed by atoms with Crippen LogP contribution in [0.1, 0.15) is 0 Å². The van der Waals surface area contributed by atoms with E-state index >= 15 is 0 Å². The summed E-state index contributed by atoms with van der Waals surface area (Å²) in [7, 11) is 3.75. The first kappa shape index (κ1) is 20.7. The van der Waals surface area contributed by atoms with Crippen LogP contribution in [0.15, 0.2) is 122 Å². The molecule has 0 saturated carbocycles. The zero-order chi connectivity index (χ0) is 22.6. The van der Waals surface area contributed by atoms with E-state index in [1.165, 1.54) is 38.9 Å². The first-order valence-corrected chi connectivity index (χ1v) is 11.1. The van der Waals surface area contributed by atoms with Crippen LogP contribution in [0.3, 0.4) is 0 Å². The Morgan fingerprint density at radius 3 is 1.52 bits per heavy atom. The molecule has 0 N–H and O–H groups in total. The summed E-state index contributed by atoms with van der Waals surface area (Å²) in [5.74, 6) is 0.860. The molecule has 0 saturated heterocycles. The Kier molecular flexibility index (Phi) is 5.73. The molecule has 1 heterocycles. The molecular formula is C31H26NO+. The lowest BCUT2D eigenvalue weighted by molar-refractivity contribution is -0.671. The minimum Gasteiger partial charge on any atom is -0.497 e. The Morgan fingerprint density at radius 2 is 1.03 bits per heavy atom. The normalized spacial score (nSPS) is 10.7. The molecule has 0 aliphatic carbocycles. The summed E-state index contributed by atoms with van der Waals surface area (Å²) in [4.78, 5) is 0. The van der Waals surface area contributed by atoms with Crippen LogP contribution >= 0.6 is 0 Å². The van der Waals surface area contributed by atoms with E-state index in [0.29, 0.717) is 0 Å². The molecule has 5 aromatic rings. The zero-order valence-corrected chi connectivity index (χ0v) is 18.9. The molecule has 0 aliphatic heterocycles. The third-order valence-corrected chi connectivity index (χ3v) is 6.00. The van der Waals surface area contributed by atoms with Gasteiger partial charge in [0.05, 0.1) is 7.11 Å². The number of hydrogen-bond acceptors (Lipinski definition) is 1. The highest BCUT2D eigenvalue weighted by molar-refractivity contribution is 5.97. The van der Waals surface area contributed by atoms with Crippen molar-refractivity contribution in [2.75, 3.05) is 7.11 Å². The Bertz CT molecular complexity index is 1300. The second kappa shape index (κ2) is 9.13. The van der Waals surface area contributed by atoms with Crippen molar-refractivity contribution in [3.05, 3.63) is 122 Å². The number of aryl methyl sites for hydroxylation is 1. The molecular weight excluding hydrogens is 402 g/mol. The summed E-state index contributed by atoms with van der Waals surface area (Å²) in [6, 6.07) is 38.6. The number of aromatic nitrogens is 1. The maximum atomic E-state index is 5.38. The molecule has 2 heteroatoms. The first-order chi connectivity index (χ1) is 16.2. The van der Waals surface area contributed by atoms with Gasteiger partial charge in [-0.15, -0.1) is 0 Å². The van der Waals surface area contributed by atoms with Gasteiger partial charge in [-0.2, -0.15) is 0 Å². The molecule has 0 atom stereocenters.